The quantitative estimate of drug-likeness (QED) is 0.708. The molecular weight excluding hydrogens is 392 g/mol. The SMILES string of the molecule is CC(=O)N1C=Cc2ccccc2[C@@H]1CC(=O)Nc1c(C)n(C)n(-c2ccccc2)c1=O. The Bertz CT molecular complexity index is 1240. The molecule has 0 radical (unpaired) electrons. The molecular formula is C24H24N4O3. The second-order valence-corrected chi connectivity index (χ2v) is 7.58. The maximum absolute atomic E-state index is 13.1. The van der Waals surface area contributed by atoms with Crippen molar-refractivity contribution in [3.05, 3.63) is 88.0 Å². The molecule has 0 unspecified atom stereocenters. The lowest BCUT2D eigenvalue weighted by Crippen LogP contribution is -2.33. The van der Waals surface area contributed by atoms with Crippen LogP contribution in [0.1, 0.15) is 36.2 Å². The number of rotatable bonds is 4. The minimum atomic E-state index is -0.431. The molecule has 0 bridgehead atoms. The molecule has 158 valence electrons. The van der Waals surface area contributed by atoms with Gasteiger partial charge in [0.15, 0.2) is 0 Å². The highest BCUT2D eigenvalue weighted by Gasteiger charge is 2.29. The van der Waals surface area contributed by atoms with Gasteiger partial charge in [-0.15, -0.1) is 0 Å². The molecule has 1 atom stereocenters. The van der Waals surface area contributed by atoms with Crippen LogP contribution < -0.4 is 10.9 Å². The third-order valence-corrected chi connectivity index (χ3v) is 5.67. The monoisotopic (exact) mass is 416 g/mol. The Hall–Kier alpha value is -3.87. The Morgan fingerprint density at radius 3 is 2.42 bits per heavy atom. The Morgan fingerprint density at radius 1 is 1.03 bits per heavy atom. The Labute approximate surface area is 180 Å². The van der Waals surface area contributed by atoms with Crippen molar-refractivity contribution in [3.63, 3.8) is 0 Å². The molecule has 7 heteroatoms. The van der Waals surface area contributed by atoms with Crippen LogP contribution in [0.2, 0.25) is 0 Å². The van der Waals surface area contributed by atoms with Gasteiger partial charge in [-0.3, -0.25) is 19.1 Å². The van der Waals surface area contributed by atoms with Gasteiger partial charge in [0.05, 0.1) is 23.8 Å². The summed E-state index contributed by atoms with van der Waals surface area (Å²) < 4.78 is 3.24. The molecule has 0 fully saturated rings. The molecule has 2 heterocycles. The average molecular weight is 416 g/mol. The van der Waals surface area contributed by atoms with E-state index in [9.17, 15) is 14.4 Å². The van der Waals surface area contributed by atoms with Gasteiger partial charge in [-0.2, -0.15) is 0 Å². The van der Waals surface area contributed by atoms with Crippen molar-refractivity contribution in [2.45, 2.75) is 26.3 Å². The van der Waals surface area contributed by atoms with Crippen LogP contribution >= 0.6 is 0 Å². The number of fused-ring (bicyclic) bond motifs is 1. The lowest BCUT2D eigenvalue weighted by Gasteiger charge is -2.32. The zero-order valence-electron chi connectivity index (χ0n) is 17.7. The molecule has 31 heavy (non-hydrogen) atoms. The van der Waals surface area contributed by atoms with Crippen molar-refractivity contribution in [1.82, 2.24) is 14.3 Å². The number of hydrogen-bond acceptors (Lipinski definition) is 3. The fraction of sp³-hybridized carbons (Fsp3) is 0.208. The van der Waals surface area contributed by atoms with Crippen LogP contribution in [0.15, 0.2) is 65.6 Å². The van der Waals surface area contributed by atoms with Crippen molar-refractivity contribution >= 4 is 23.6 Å². The van der Waals surface area contributed by atoms with Crippen molar-refractivity contribution in [2.24, 2.45) is 7.05 Å². The van der Waals surface area contributed by atoms with E-state index in [4.69, 9.17) is 0 Å². The van der Waals surface area contributed by atoms with Gasteiger partial charge in [-0.05, 0) is 36.3 Å². The number of benzene rings is 2. The summed E-state index contributed by atoms with van der Waals surface area (Å²) in [7, 11) is 1.78. The number of nitrogens with zero attached hydrogens (tertiary/aromatic N) is 3. The van der Waals surface area contributed by atoms with Gasteiger partial charge < -0.3 is 10.2 Å². The zero-order chi connectivity index (χ0) is 22.1. The molecule has 0 spiro atoms. The van der Waals surface area contributed by atoms with Crippen LogP contribution in [0.3, 0.4) is 0 Å². The molecule has 2 aromatic carbocycles. The number of aromatic nitrogens is 2. The second kappa shape index (κ2) is 8.10. The number of anilines is 1. The van der Waals surface area contributed by atoms with E-state index in [2.05, 4.69) is 5.32 Å². The topological polar surface area (TPSA) is 76.3 Å². The third kappa shape index (κ3) is 3.70. The number of hydrogen-bond donors (Lipinski definition) is 1. The summed E-state index contributed by atoms with van der Waals surface area (Å²) in [5, 5.41) is 2.79. The van der Waals surface area contributed by atoms with Gasteiger partial charge in [0, 0.05) is 20.2 Å². The number of carbonyl (C=O) groups is 2. The van der Waals surface area contributed by atoms with E-state index in [0.717, 1.165) is 11.1 Å². The van der Waals surface area contributed by atoms with E-state index in [1.165, 1.54) is 11.6 Å². The fourth-order valence-corrected chi connectivity index (χ4v) is 3.99. The Balaban J connectivity index is 1.63. The van der Waals surface area contributed by atoms with Gasteiger partial charge in [0.25, 0.3) is 5.56 Å². The van der Waals surface area contributed by atoms with Gasteiger partial charge in [0.2, 0.25) is 11.8 Å². The molecule has 1 aromatic heterocycles. The van der Waals surface area contributed by atoms with E-state index in [-0.39, 0.29) is 29.5 Å². The average Bonchev–Trinajstić information content (AvgIpc) is 2.97. The van der Waals surface area contributed by atoms with Crippen LogP contribution in [0.5, 0.6) is 0 Å². The minimum absolute atomic E-state index is 0.0417. The van der Waals surface area contributed by atoms with Crippen molar-refractivity contribution in [1.29, 1.82) is 0 Å². The normalized spacial score (nSPS) is 14.9. The summed E-state index contributed by atoms with van der Waals surface area (Å²) in [6.07, 6.45) is 3.61. The van der Waals surface area contributed by atoms with E-state index in [0.29, 0.717) is 11.4 Å². The second-order valence-electron chi connectivity index (χ2n) is 7.58. The first kappa shape index (κ1) is 20.4. The molecule has 0 saturated carbocycles. The highest BCUT2D eigenvalue weighted by Crippen LogP contribution is 2.33. The van der Waals surface area contributed by atoms with E-state index in [1.54, 1.807) is 29.8 Å². The fourth-order valence-electron chi connectivity index (χ4n) is 3.99. The van der Waals surface area contributed by atoms with Crippen LogP contribution in [0.4, 0.5) is 5.69 Å². The standard InChI is InChI=1S/C24H24N4O3/c1-16-23(24(31)28(26(16)3)19-10-5-4-6-11-19)25-22(30)15-21-20-12-8-7-9-18(20)13-14-27(21)17(2)29/h4-14,21H,15H2,1-3H3,(H,25,30)/t21-/m0/s1. The first-order valence-corrected chi connectivity index (χ1v) is 10.1. The molecule has 1 aliphatic rings. The lowest BCUT2D eigenvalue weighted by atomic mass is 9.93. The molecule has 1 aliphatic heterocycles. The maximum Gasteiger partial charge on any atom is 0.295 e. The van der Waals surface area contributed by atoms with Gasteiger partial charge in [-0.1, -0.05) is 42.5 Å². The van der Waals surface area contributed by atoms with Crippen LogP contribution in [0.25, 0.3) is 11.8 Å². The van der Waals surface area contributed by atoms with Crippen LogP contribution in [-0.2, 0) is 16.6 Å². The first-order chi connectivity index (χ1) is 14.9. The van der Waals surface area contributed by atoms with E-state index in [1.807, 2.05) is 60.7 Å². The highest BCUT2D eigenvalue weighted by atomic mass is 16.2. The van der Waals surface area contributed by atoms with Crippen LogP contribution in [-0.4, -0.2) is 26.1 Å². The summed E-state index contributed by atoms with van der Waals surface area (Å²) >= 11 is 0. The summed E-state index contributed by atoms with van der Waals surface area (Å²) in [6, 6.07) is 16.5. The molecule has 4 rings (SSSR count). The lowest BCUT2D eigenvalue weighted by molar-refractivity contribution is -0.129. The zero-order valence-corrected chi connectivity index (χ0v) is 17.7. The van der Waals surface area contributed by atoms with Gasteiger partial charge >= 0.3 is 0 Å². The Kier molecular flexibility index (Phi) is 5.33. The number of amides is 2. The summed E-state index contributed by atoms with van der Waals surface area (Å²) in [5.41, 5.74) is 3.18. The number of para-hydroxylation sites is 1. The highest BCUT2D eigenvalue weighted by molar-refractivity contribution is 5.92. The predicted molar refractivity (Wildman–Crippen MR) is 120 cm³/mol. The summed E-state index contributed by atoms with van der Waals surface area (Å²) in [6.45, 7) is 3.26. The molecule has 2 amide bonds. The third-order valence-electron chi connectivity index (χ3n) is 5.67. The minimum Gasteiger partial charge on any atom is -0.320 e. The largest absolute Gasteiger partial charge is 0.320 e. The molecule has 7 nitrogen and oxygen atoms in total. The smallest absolute Gasteiger partial charge is 0.295 e. The van der Waals surface area contributed by atoms with Crippen molar-refractivity contribution < 1.29 is 9.59 Å². The molecule has 0 aliphatic carbocycles. The summed E-state index contributed by atoms with van der Waals surface area (Å²) in [4.78, 5) is 39.8. The predicted octanol–water partition coefficient (Wildman–Crippen LogP) is 3.39. The van der Waals surface area contributed by atoms with Crippen molar-refractivity contribution in [3.8, 4) is 5.69 Å². The maximum atomic E-state index is 13.1. The molecule has 0 saturated heterocycles. The molecule has 1 N–H and O–H groups in total. The van der Waals surface area contributed by atoms with Gasteiger partial charge in [0.1, 0.15) is 5.69 Å². The Morgan fingerprint density at radius 2 is 1.71 bits per heavy atom. The van der Waals surface area contributed by atoms with Gasteiger partial charge in [-0.25, -0.2) is 4.68 Å². The molecule has 3 aromatic rings. The van der Waals surface area contributed by atoms with E-state index < -0.39 is 6.04 Å². The number of carbonyl (C=O) groups excluding carboxylic acids is 2. The first-order valence-electron chi connectivity index (χ1n) is 10.1. The van der Waals surface area contributed by atoms with Crippen molar-refractivity contribution in [2.75, 3.05) is 5.32 Å². The van der Waals surface area contributed by atoms with Crippen LogP contribution in [0, 0.1) is 6.92 Å². The van der Waals surface area contributed by atoms with E-state index >= 15 is 0 Å². The number of nitrogens with one attached hydrogen (secondary N) is 1. The summed E-state index contributed by atoms with van der Waals surface area (Å²) in [5.74, 6) is -0.474.